The zero-order valence-corrected chi connectivity index (χ0v) is 22.9. The number of hydrogen-bond acceptors (Lipinski definition) is 9. The first kappa shape index (κ1) is 29.3. The van der Waals surface area contributed by atoms with Crippen LogP contribution in [0.15, 0.2) is 18.2 Å². The number of Topliss-reactive ketones (excluding diaryl/α,β-unsaturated/α-hetero) is 3. The zero-order valence-electron chi connectivity index (χ0n) is 22.9. The van der Waals surface area contributed by atoms with E-state index in [-0.39, 0.29) is 24.2 Å². The Labute approximate surface area is 227 Å². The summed E-state index contributed by atoms with van der Waals surface area (Å²) in [4.78, 5) is 53.2. The number of aromatic hydroxyl groups is 1. The van der Waals surface area contributed by atoms with Crippen molar-refractivity contribution in [2.24, 2.45) is 40.2 Å². The SMILES string of the molecule is CCCC(=O)C[C@@H]1c2cccc(O)c2C(=O)[C@@H]2C(O)[C@@]3(O)C(=O)[C@H](C(N)=O)C(O)[C@H](C(C)C)[C@@]3(C)[C@H](O)[C@@]12C. The fourth-order valence-corrected chi connectivity index (χ4v) is 8.49. The van der Waals surface area contributed by atoms with Crippen molar-refractivity contribution in [2.75, 3.05) is 0 Å². The van der Waals surface area contributed by atoms with Gasteiger partial charge in [-0.2, -0.15) is 0 Å². The monoisotopic (exact) mass is 545 g/mol. The lowest BCUT2D eigenvalue weighted by Crippen LogP contribution is -2.83. The molecule has 2 fully saturated rings. The van der Waals surface area contributed by atoms with Crippen LogP contribution in [0.3, 0.4) is 0 Å². The number of hydrogen-bond donors (Lipinski definition) is 6. The molecule has 10 nitrogen and oxygen atoms in total. The molecule has 1 amide bonds. The molecule has 0 aromatic heterocycles. The third kappa shape index (κ3) is 3.54. The lowest BCUT2D eigenvalue weighted by atomic mass is 9.36. The molecule has 0 heterocycles. The van der Waals surface area contributed by atoms with Gasteiger partial charge in [-0.3, -0.25) is 19.2 Å². The first-order valence-corrected chi connectivity index (χ1v) is 13.5. The van der Waals surface area contributed by atoms with Crippen LogP contribution in [0.2, 0.25) is 0 Å². The van der Waals surface area contributed by atoms with E-state index in [0.717, 1.165) is 0 Å². The van der Waals surface area contributed by atoms with Gasteiger partial charge in [0.15, 0.2) is 17.2 Å². The summed E-state index contributed by atoms with van der Waals surface area (Å²) >= 11 is 0. The summed E-state index contributed by atoms with van der Waals surface area (Å²) in [6, 6.07) is 4.40. The van der Waals surface area contributed by atoms with Crippen LogP contribution >= 0.6 is 0 Å². The largest absolute Gasteiger partial charge is 0.507 e. The Kier molecular flexibility index (Phi) is 7.12. The Morgan fingerprint density at radius 1 is 1.10 bits per heavy atom. The Morgan fingerprint density at radius 3 is 2.26 bits per heavy atom. The van der Waals surface area contributed by atoms with Gasteiger partial charge in [-0.05, 0) is 29.9 Å². The van der Waals surface area contributed by atoms with Gasteiger partial charge in [0.1, 0.15) is 23.6 Å². The highest BCUT2D eigenvalue weighted by Crippen LogP contribution is 2.68. The first-order chi connectivity index (χ1) is 18.0. The van der Waals surface area contributed by atoms with Crippen molar-refractivity contribution in [3.63, 3.8) is 0 Å². The van der Waals surface area contributed by atoms with E-state index >= 15 is 0 Å². The number of carbonyl (C=O) groups is 4. The van der Waals surface area contributed by atoms with Crippen molar-refractivity contribution in [3.8, 4) is 5.75 Å². The molecular weight excluding hydrogens is 506 g/mol. The highest BCUT2D eigenvalue weighted by Gasteiger charge is 2.80. The minimum atomic E-state index is -2.86. The second-order valence-corrected chi connectivity index (χ2v) is 12.4. The summed E-state index contributed by atoms with van der Waals surface area (Å²) in [7, 11) is 0. The van der Waals surface area contributed by atoms with Gasteiger partial charge < -0.3 is 31.3 Å². The molecule has 10 atom stereocenters. The van der Waals surface area contributed by atoms with Crippen LogP contribution in [0, 0.1) is 34.5 Å². The van der Waals surface area contributed by atoms with Gasteiger partial charge >= 0.3 is 0 Å². The molecule has 0 saturated heterocycles. The smallest absolute Gasteiger partial charge is 0.230 e. The molecule has 0 radical (unpaired) electrons. The van der Waals surface area contributed by atoms with E-state index in [1.807, 2.05) is 6.92 Å². The number of carbonyl (C=O) groups excluding carboxylic acids is 4. The third-order valence-corrected chi connectivity index (χ3v) is 10.2. The number of phenolic OH excluding ortho intramolecular Hbond substituents is 1. The fourth-order valence-electron chi connectivity index (χ4n) is 8.49. The highest BCUT2D eigenvalue weighted by molar-refractivity contribution is 6.09. The summed E-state index contributed by atoms with van der Waals surface area (Å²) in [5, 5.41) is 58.4. The summed E-state index contributed by atoms with van der Waals surface area (Å²) in [5.74, 6) is -9.88. The summed E-state index contributed by atoms with van der Waals surface area (Å²) < 4.78 is 0. The Bertz CT molecular complexity index is 1230. The Balaban J connectivity index is 2.06. The van der Waals surface area contributed by atoms with E-state index in [9.17, 15) is 44.7 Å². The van der Waals surface area contributed by atoms with Gasteiger partial charge in [0.2, 0.25) is 5.91 Å². The Morgan fingerprint density at radius 2 is 1.72 bits per heavy atom. The minimum absolute atomic E-state index is 0.129. The van der Waals surface area contributed by atoms with Gasteiger partial charge in [0, 0.05) is 29.6 Å². The van der Waals surface area contributed by atoms with Crippen LogP contribution in [-0.2, 0) is 14.4 Å². The average Bonchev–Trinajstić information content (AvgIpc) is 2.83. The van der Waals surface area contributed by atoms with Crippen molar-refractivity contribution < 1.29 is 44.7 Å². The number of primary amides is 1. The molecule has 1 aromatic rings. The van der Waals surface area contributed by atoms with Crippen LogP contribution in [0.5, 0.6) is 5.75 Å². The molecular formula is C29H39NO9. The molecule has 0 bridgehead atoms. The molecule has 10 heteroatoms. The van der Waals surface area contributed by atoms with Crippen molar-refractivity contribution in [3.05, 3.63) is 29.3 Å². The van der Waals surface area contributed by atoms with Crippen LogP contribution in [0.4, 0.5) is 0 Å². The normalized spacial score (nSPS) is 41.5. The quantitative estimate of drug-likeness (QED) is 0.281. The maximum absolute atomic E-state index is 14.0. The van der Waals surface area contributed by atoms with E-state index in [4.69, 9.17) is 5.73 Å². The van der Waals surface area contributed by atoms with Gasteiger partial charge in [0.25, 0.3) is 0 Å². The molecule has 0 aliphatic heterocycles. The fraction of sp³-hybridized carbons (Fsp3) is 0.655. The third-order valence-electron chi connectivity index (χ3n) is 10.2. The van der Waals surface area contributed by atoms with E-state index in [2.05, 4.69) is 0 Å². The van der Waals surface area contributed by atoms with Crippen LogP contribution in [-0.4, -0.2) is 72.7 Å². The minimum Gasteiger partial charge on any atom is -0.507 e. The molecule has 3 aliphatic carbocycles. The van der Waals surface area contributed by atoms with Gasteiger partial charge in [0.05, 0.1) is 23.7 Å². The standard InChI is InChI=1S/C29H39NO9/c1-6-8-13(31)11-15-14-9-7-10-16(32)17(14)21(33)20-24(36)29(39)23(35)18(25(30)37)22(34)19(12(2)3)28(29,5)26(38)27(15,20)4/h7,9-10,12,15,18-20,22,24,26,32,34,36,38-39H,6,8,11H2,1-5H3,(H2,30,37)/t15-,18-,19+,20-,22?,24?,26-,27+,28+,29+/m1/s1. The second kappa shape index (κ2) is 9.47. The predicted octanol–water partition coefficient (Wildman–Crippen LogP) is 0.844. The molecule has 0 spiro atoms. The van der Waals surface area contributed by atoms with Crippen LogP contribution < -0.4 is 5.73 Å². The van der Waals surface area contributed by atoms with Crippen molar-refractivity contribution >= 4 is 23.3 Å². The number of amides is 1. The highest BCUT2D eigenvalue weighted by atomic mass is 16.4. The van der Waals surface area contributed by atoms with Crippen molar-refractivity contribution in [1.82, 2.24) is 0 Å². The molecule has 3 aliphatic rings. The number of aliphatic hydroxyl groups excluding tert-OH is 3. The molecule has 4 rings (SSSR count). The molecule has 2 saturated carbocycles. The topological polar surface area (TPSA) is 195 Å². The van der Waals surface area contributed by atoms with Crippen LogP contribution in [0.1, 0.15) is 75.7 Å². The van der Waals surface area contributed by atoms with E-state index < -0.39 is 87.6 Å². The Hall–Kier alpha value is -2.66. The lowest BCUT2D eigenvalue weighted by molar-refractivity contribution is -0.307. The van der Waals surface area contributed by atoms with Gasteiger partial charge in [-0.1, -0.05) is 46.8 Å². The number of nitrogens with two attached hydrogens (primary N) is 1. The average molecular weight is 546 g/mol. The molecule has 1 aromatic carbocycles. The van der Waals surface area contributed by atoms with Crippen molar-refractivity contribution in [1.29, 1.82) is 0 Å². The second-order valence-electron chi connectivity index (χ2n) is 12.4. The number of ketones is 3. The number of rotatable bonds is 6. The predicted molar refractivity (Wildman–Crippen MR) is 138 cm³/mol. The summed E-state index contributed by atoms with van der Waals surface area (Å²) in [5.41, 5.74) is -0.794. The van der Waals surface area contributed by atoms with E-state index in [0.29, 0.717) is 12.0 Å². The summed E-state index contributed by atoms with van der Waals surface area (Å²) in [6.07, 6.45) is -4.89. The number of benzene rings is 1. The van der Waals surface area contributed by atoms with E-state index in [1.54, 1.807) is 26.8 Å². The van der Waals surface area contributed by atoms with Crippen LogP contribution in [0.25, 0.3) is 0 Å². The molecule has 39 heavy (non-hydrogen) atoms. The number of aliphatic hydroxyl groups is 4. The number of phenols is 1. The maximum Gasteiger partial charge on any atom is 0.230 e. The molecule has 7 N–H and O–H groups in total. The van der Waals surface area contributed by atoms with Gasteiger partial charge in [-0.25, -0.2) is 0 Å². The van der Waals surface area contributed by atoms with Crippen molar-refractivity contribution in [2.45, 2.75) is 83.7 Å². The van der Waals surface area contributed by atoms with E-state index in [1.165, 1.54) is 19.1 Å². The lowest BCUT2D eigenvalue weighted by Gasteiger charge is -2.69. The molecule has 214 valence electrons. The zero-order chi connectivity index (χ0) is 29.4. The van der Waals surface area contributed by atoms with Gasteiger partial charge in [-0.15, -0.1) is 0 Å². The first-order valence-electron chi connectivity index (χ1n) is 13.5. The molecule has 2 unspecified atom stereocenters. The number of fused-ring (bicyclic) bond motifs is 3. The maximum atomic E-state index is 14.0. The summed E-state index contributed by atoms with van der Waals surface area (Å²) in [6.45, 7) is 8.12.